The van der Waals surface area contributed by atoms with Crippen LogP contribution in [0.2, 0.25) is 0 Å². The standard InChI is InChI=1S/C12H14N4O2S2/c1-8-14-12(20-16-8)19-7-6-18-10-5-3-2-4-9(10)11(17)15-13/h2-5H,6-7,13H2,1H3,(H,15,17). The molecule has 0 saturated heterocycles. The van der Waals surface area contributed by atoms with E-state index in [1.165, 1.54) is 11.5 Å². The van der Waals surface area contributed by atoms with Crippen LogP contribution in [0.3, 0.4) is 0 Å². The van der Waals surface area contributed by atoms with Crippen molar-refractivity contribution in [2.45, 2.75) is 11.3 Å². The molecule has 0 bridgehead atoms. The van der Waals surface area contributed by atoms with Crippen molar-refractivity contribution >= 4 is 29.2 Å². The minimum Gasteiger partial charge on any atom is -0.492 e. The molecule has 2 rings (SSSR count). The number of aryl methyl sites for hydroxylation is 1. The Hall–Kier alpha value is -1.64. The highest BCUT2D eigenvalue weighted by molar-refractivity contribution is 8.00. The molecular weight excluding hydrogens is 296 g/mol. The number of hydrogen-bond acceptors (Lipinski definition) is 7. The van der Waals surface area contributed by atoms with Gasteiger partial charge in [0.05, 0.1) is 12.2 Å². The summed E-state index contributed by atoms with van der Waals surface area (Å²) in [5.41, 5.74) is 2.52. The predicted molar refractivity (Wildman–Crippen MR) is 79.0 cm³/mol. The first-order valence-corrected chi connectivity index (χ1v) is 7.62. The van der Waals surface area contributed by atoms with Gasteiger partial charge in [-0.05, 0) is 30.6 Å². The Morgan fingerprint density at radius 3 is 3.00 bits per heavy atom. The molecular formula is C12H14N4O2S2. The van der Waals surface area contributed by atoms with Gasteiger partial charge in [0.1, 0.15) is 11.6 Å². The highest BCUT2D eigenvalue weighted by atomic mass is 32.2. The second-order valence-corrected chi connectivity index (χ2v) is 5.87. The molecule has 0 aliphatic carbocycles. The second kappa shape index (κ2) is 7.22. The van der Waals surface area contributed by atoms with Gasteiger partial charge >= 0.3 is 0 Å². The number of carbonyl (C=O) groups excluding carboxylic acids is 1. The van der Waals surface area contributed by atoms with Gasteiger partial charge in [0.15, 0.2) is 4.34 Å². The molecule has 1 aromatic carbocycles. The van der Waals surface area contributed by atoms with E-state index in [0.717, 1.165) is 15.9 Å². The molecule has 1 aromatic heterocycles. The van der Waals surface area contributed by atoms with Gasteiger partial charge in [0, 0.05) is 5.75 Å². The molecule has 6 nitrogen and oxygen atoms in total. The monoisotopic (exact) mass is 310 g/mol. The molecule has 0 aliphatic heterocycles. The number of aromatic nitrogens is 2. The van der Waals surface area contributed by atoms with E-state index in [9.17, 15) is 4.79 Å². The zero-order chi connectivity index (χ0) is 14.4. The molecule has 0 unspecified atom stereocenters. The number of benzene rings is 1. The average Bonchev–Trinajstić information content (AvgIpc) is 2.89. The van der Waals surface area contributed by atoms with Crippen molar-refractivity contribution in [1.82, 2.24) is 14.8 Å². The third-order valence-electron chi connectivity index (χ3n) is 2.34. The third-order valence-corrected chi connectivity index (χ3v) is 4.23. The lowest BCUT2D eigenvalue weighted by Gasteiger charge is -2.09. The largest absolute Gasteiger partial charge is 0.492 e. The fourth-order valence-corrected chi connectivity index (χ4v) is 3.01. The maximum Gasteiger partial charge on any atom is 0.268 e. The maximum absolute atomic E-state index is 11.6. The predicted octanol–water partition coefficient (Wildman–Crippen LogP) is 1.62. The number of carbonyl (C=O) groups is 1. The summed E-state index contributed by atoms with van der Waals surface area (Å²) < 4.78 is 10.6. The normalized spacial score (nSPS) is 10.3. The van der Waals surface area contributed by atoms with Crippen LogP contribution in [0.5, 0.6) is 5.75 Å². The van der Waals surface area contributed by atoms with Crippen LogP contribution in [0.4, 0.5) is 0 Å². The van der Waals surface area contributed by atoms with E-state index in [-0.39, 0.29) is 5.91 Å². The van der Waals surface area contributed by atoms with Crippen molar-refractivity contribution in [3.63, 3.8) is 0 Å². The molecule has 106 valence electrons. The molecule has 3 N–H and O–H groups in total. The highest BCUT2D eigenvalue weighted by Crippen LogP contribution is 2.21. The van der Waals surface area contributed by atoms with Crippen molar-refractivity contribution in [2.75, 3.05) is 12.4 Å². The van der Waals surface area contributed by atoms with Gasteiger partial charge < -0.3 is 4.74 Å². The number of nitrogens with two attached hydrogens (primary N) is 1. The Morgan fingerprint density at radius 1 is 1.50 bits per heavy atom. The van der Waals surface area contributed by atoms with Crippen LogP contribution in [-0.2, 0) is 0 Å². The van der Waals surface area contributed by atoms with E-state index in [2.05, 4.69) is 14.8 Å². The fraction of sp³-hybridized carbons (Fsp3) is 0.250. The number of nitrogens with one attached hydrogen (secondary N) is 1. The average molecular weight is 310 g/mol. The summed E-state index contributed by atoms with van der Waals surface area (Å²) in [5, 5.41) is 0. The molecule has 0 spiro atoms. The van der Waals surface area contributed by atoms with Gasteiger partial charge in [-0.1, -0.05) is 23.9 Å². The van der Waals surface area contributed by atoms with E-state index in [1.807, 2.05) is 13.0 Å². The number of hydrazine groups is 1. The van der Waals surface area contributed by atoms with Crippen molar-refractivity contribution in [3.8, 4) is 5.75 Å². The van der Waals surface area contributed by atoms with Gasteiger partial charge in [-0.2, -0.15) is 4.37 Å². The molecule has 0 atom stereocenters. The van der Waals surface area contributed by atoms with Gasteiger partial charge in [-0.3, -0.25) is 10.2 Å². The second-order valence-electron chi connectivity index (χ2n) is 3.77. The summed E-state index contributed by atoms with van der Waals surface area (Å²) in [6.07, 6.45) is 0. The van der Waals surface area contributed by atoms with Crippen molar-refractivity contribution in [1.29, 1.82) is 0 Å². The summed E-state index contributed by atoms with van der Waals surface area (Å²) >= 11 is 2.95. The van der Waals surface area contributed by atoms with E-state index in [4.69, 9.17) is 10.6 Å². The van der Waals surface area contributed by atoms with Gasteiger partial charge in [-0.25, -0.2) is 10.8 Å². The Kier molecular flexibility index (Phi) is 5.33. The summed E-state index contributed by atoms with van der Waals surface area (Å²) in [6.45, 7) is 2.33. The zero-order valence-electron chi connectivity index (χ0n) is 10.8. The molecule has 8 heteroatoms. The fourth-order valence-electron chi connectivity index (χ4n) is 1.48. The summed E-state index contributed by atoms with van der Waals surface area (Å²) in [6, 6.07) is 6.98. The number of hydrogen-bond donors (Lipinski definition) is 2. The first-order chi connectivity index (χ1) is 9.70. The molecule has 0 saturated carbocycles. The van der Waals surface area contributed by atoms with Gasteiger partial charge in [0.2, 0.25) is 0 Å². The number of para-hydroxylation sites is 1. The number of ether oxygens (including phenoxy) is 1. The number of amides is 1. The van der Waals surface area contributed by atoms with Crippen molar-refractivity contribution in [2.24, 2.45) is 5.84 Å². The summed E-state index contributed by atoms with van der Waals surface area (Å²) in [4.78, 5) is 15.8. The lowest BCUT2D eigenvalue weighted by molar-refractivity contribution is 0.0950. The van der Waals surface area contributed by atoms with Crippen LogP contribution in [0.15, 0.2) is 28.6 Å². The smallest absolute Gasteiger partial charge is 0.268 e. The van der Waals surface area contributed by atoms with E-state index < -0.39 is 0 Å². The first-order valence-electron chi connectivity index (χ1n) is 5.86. The molecule has 20 heavy (non-hydrogen) atoms. The highest BCUT2D eigenvalue weighted by Gasteiger charge is 2.10. The van der Waals surface area contributed by atoms with E-state index >= 15 is 0 Å². The van der Waals surface area contributed by atoms with Crippen molar-refractivity contribution in [3.05, 3.63) is 35.7 Å². The summed E-state index contributed by atoms with van der Waals surface area (Å²) in [5.74, 6) is 6.79. The molecule has 2 aromatic rings. The molecule has 1 heterocycles. The Bertz CT molecular complexity index is 588. The van der Waals surface area contributed by atoms with Crippen LogP contribution in [0.1, 0.15) is 16.2 Å². The van der Waals surface area contributed by atoms with E-state index in [0.29, 0.717) is 17.9 Å². The van der Waals surface area contributed by atoms with Crippen molar-refractivity contribution < 1.29 is 9.53 Å². The van der Waals surface area contributed by atoms with Crippen LogP contribution in [0.25, 0.3) is 0 Å². The Balaban J connectivity index is 1.86. The van der Waals surface area contributed by atoms with E-state index in [1.54, 1.807) is 30.0 Å². The molecule has 0 radical (unpaired) electrons. The Morgan fingerprint density at radius 2 is 2.30 bits per heavy atom. The third kappa shape index (κ3) is 3.92. The Labute approximate surface area is 124 Å². The van der Waals surface area contributed by atoms with Crippen LogP contribution in [0, 0.1) is 6.92 Å². The SMILES string of the molecule is Cc1nsc(SCCOc2ccccc2C(=O)NN)n1. The topological polar surface area (TPSA) is 90.1 Å². The molecule has 0 fully saturated rings. The lowest BCUT2D eigenvalue weighted by Crippen LogP contribution is -2.30. The molecule has 0 aliphatic rings. The quantitative estimate of drug-likeness (QED) is 0.277. The summed E-state index contributed by atoms with van der Waals surface area (Å²) in [7, 11) is 0. The number of nitrogens with zero attached hydrogens (tertiary/aromatic N) is 2. The van der Waals surface area contributed by atoms with Gasteiger partial charge in [0.25, 0.3) is 5.91 Å². The minimum atomic E-state index is -0.368. The minimum absolute atomic E-state index is 0.368. The maximum atomic E-state index is 11.6. The van der Waals surface area contributed by atoms with Crippen LogP contribution in [-0.4, -0.2) is 27.6 Å². The van der Waals surface area contributed by atoms with Crippen LogP contribution >= 0.6 is 23.3 Å². The lowest BCUT2D eigenvalue weighted by atomic mass is 10.2. The first kappa shape index (κ1) is 14.8. The number of nitrogen functional groups attached to an aromatic ring is 1. The number of rotatable bonds is 6. The zero-order valence-corrected chi connectivity index (χ0v) is 12.5. The van der Waals surface area contributed by atoms with Crippen LogP contribution < -0.4 is 16.0 Å². The van der Waals surface area contributed by atoms with Gasteiger partial charge in [-0.15, -0.1) is 0 Å². The molecule has 1 amide bonds. The number of thioether (sulfide) groups is 1.